The molecular weight excluding hydrogens is 385 g/mol. The molecule has 1 heterocycles. The maximum atomic E-state index is 11.2. The summed E-state index contributed by atoms with van der Waals surface area (Å²) in [7, 11) is 0. The minimum absolute atomic E-state index is 0.130. The summed E-state index contributed by atoms with van der Waals surface area (Å²) in [4.78, 5) is 44.6. The first-order valence-corrected chi connectivity index (χ1v) is 7.37. The lowest BCUT2D eigenvalue weighted by Gasteiger charge is -2.08. The molecule has 0 spiro atoms. The second-order valence-electron chi connectivity index (χ2n) is 4.73. The average Bonchev–Trinajstić information content (AvgIpc) is 2.88. The van der Waals surface area contributed by atoms with Gasteiger partial charge in [-0.15, -0.1) is 5.06 Å². The number of halogens is 2. The van der Waals surface area contributed by atoms with Crippen LogP contribution >= 0.6 is 23.2 Å². The molecule has 0 saturated heterocycles. The van der Waals surface area contributed by atoms with Gasteiger partial charge in [0, 0.05) is 0 Å². The molecule has 26 heavy (non-hydrogen) atoms. The first kappa shape index (κ1) is 19.0. The van der Waals surface area contributed by atoms with E-state index < -0.39 is 44.6 Å². The van der Waals surface area contributed by atoms with E-state index in [4.69, 9.17) is 38.9 Å². The van der Waals surface area contributed by atoms with Gasteiger partial charge in [0.15, 0.2) is 0 Å². The number of nitriles is 2. The average molecular weight is 390 g/mol. The van der Waals surface area contributed by atoms with Gasteiger partial charge < -0.3 is 0 Å². The molecule has 1 aromatic carbocycles. The smallest absolute Gasteiger partial charge is 0.285 e. The Balaban J connectivity index is 0.000000189. The van der Waals surface area contributed by atoms with Gasteiger partial charge in [-0.1, -0.05) is 35.3 Å². The second-order valence-corrected chi connectivity index (χ2v) is 5.48. The van der Waals surface area contributed by atoms with Crippen LogP contribution in [0.15, 0.2) is 45.5 Å². The van der Waals surface area contributed by atoms with Gasteiger partial charge in [0.25, 0.3) is 11.8 Å². The molecule has 0 bridgehead atoms. The van der Waals surface area contributed by atoms with Crippen LogP contribution in [-0.4, -0.2) is 33.7 Å². The van der Waals surface area contributed by atoms with Crippen LogP contribution in [0.25, 0.3) is 0 Å². The van der Waals surface area contributed by atoms with Crippen molar-refractivity contribution in [2.75, 3.05) is 0 Å². The Morgan fingerprint density at radius 3 is 1.46 bits per heavy atom. The van der Waals surface area contributed by atoms with E-state index in [1.807, 2.05) is 0 Å². The van der Waals surface area contributed by atoms with Gasteiger partial charge in [0.1, 0.15) is 33.3 Å². The molecule has 0 unspecified atom stereocenters. The number of carbonyl (C=O) groups excluding carboxylic acids is 4. The topological polar surface area (TPSA) is 139 Å². The molecule has 1 aromatic rings. The van der Waals surface area contributed by atoms with Crippen LogP contribution in [0, 0.1) is 22.7 Å². The molecule has 2 amide bonds. The number of rotatable bonds is 0. The summed E-state index contributed by atoms with van der Waals surface area (Å²) >= 11 is 10.8. The van der Waals surface area contributed by atoms with Crippen molar-refractivity contribution < 1.29 is 24.4 Å². The lowest BCUT2D eigenvalue weighted by molar-refractivity contribution is -0.115. The minimum Gasteiger partial charge on any atom is -0.287 e. The Kier molecular flexibility index (Phi) is 5.34. The quantitative estimate of drug-likeness (QED) is 0.405. The highest BCUT2D eigenvalue weighted by atomic mass is 35.5. The molecule has 10 heteroatoms. The summed E-state index contributed by atoms with van der Waals surface area (Å²) in [6.07, 6.45) is 0. The number of hydrogen-bond donors (Lipinski definition) is 1. The van der Waals surface area contributed by atoms with Crippen molar-refractivity contribution in [3.05, 3.63) is 56.6 Å². The Hall–Kier alpha value is -3.30. The Labute approximate surface area is 155 Å². The third-order valence-electron chi connectivity index (χ3n) is 3.29. The second kappa shape index (κ2) is 7.30. The van der Waals surface area contributed by atoms with Gasteiger partial charge in [0.05, 0.1) is 11.1 Å². The number of Topliss-reactive ketones (excluding diaryl/α,β-unsaturated/α-hetero) is 2. The molecule has 0 aromatic heterocycles. The summed E-state index contributed by atoms with van der Waals surface area (Å²) in [5, 5.41) is 25.1. The van der Waals surface area contributed by atoms with E-state index in [2.05, 4.69) is 0 Å². The van der Waals surface area contributed by atoms with Gasteiger partial charge >= 0.3 is 0 Å². The molecular formula is C16H5Cl2N3O5. The van der Waals surface area contributed by atoms with Crippen LogP contribution in [-0.2, 0) is 9.59 Å². The van der Waals surface area contributed by atoms with E-state index in [0.717, 1.165) is 0 Å². The minimum atomic E-state index is -0.893. The molecule has 128 valence electrons. The number of imide groups is 1. The molecule has 1 aliphatic carbocycles. The molecule has 8 nitrogen and oxygen atoms in total. The van der Waals surface area contributed by atoms with Crippen molar-refractivity contribution in [3.8, 4) is 12.1 Å². The Bertz CT molecular complexity index is 948. The zero-order valence-corrected chi connectivity index (χ0v) is 14.0. The number of allylic oxidation sites excluding steroid dienone is 4. The molecule has 0 radical (unpaired) electrons. The largest absolute Gasteiger partial charge is 0.287 e. The van der Waals surface area contributed by atoms with Gasteiger partial charge in [-0.05, 0) is 12.1 Å². The van der Waals surface area contributed by atoms with Crippen LogP contribution in [0.1, 0.15) is 20.7 Å². The highest BCUT2D eigenvalue weighted by Gasteiger charge is 2.34. The van der Waals surface area contributed by atoms with E-state index in [9.17, 15) is 19.2 Å². The monoisotopic (exact) mass is 389 g/mol. The standard InChI is InChI=1S/C8Cl2N2O2.C8H5NO3/c9-5-6(10)8(14)4(2-12)3(1-11)7(5)13;10-7-5-3-1-2-4-6(5)8(11)9(7)12/h;1-4,12H. The summed E-state index contributed by atoms with van der Waals surface area (Å²) in [6, 6.07) is 9.19. The van der Waals surface area contributed by atoms with Crippen molar-refractivity contribution in [2.24, 2.45) is 0 Å². The third-order valence-corrected chi connectivity index (χ3v) is 4.11. The summed E-state index contributed by atoms with van der Waals surface area (Å²) in [5.41, 5.74) is -0.617. The summed E-state index contributed by atoms with van der Waals surface area (Å²) in [6.45, 7) is 0. The normalized spacial score (nSPS) is 16.1. The predicted molar refractivity (Wildman–Crippen MR) is 85.7 cm³/mol. The van der Waals surface area contributed by atoms with Gasteiger partial charge in [-0.2, -0.15) is 10.5 Å². The lowest BCUT2D eigenvalue weighted by Crippen LogP contribution is -2.25. The first-order valence-electron chi connectivity index (χ1n) is 6.62. The van der Waals surface area contributed by atoms with Crippen LogP contribution < -0.4 is 0 Å². The van der Waals surface area contributed by atoms with Crippen molar-refractivity contribution in [1.82, 2.24) is 5.06 Å². The van der Waals surface area contributed by atoms with Crippen LogP contribution in [0.4, 0.5) is 0 Å². The van der Waals surface area contributed by atoms with Crippen LogP contribution in [0.3, 0.4) is 0 Å². The van der Waals surface area contributed by atoms with E-state index in [0.29, 0.717) is 0 Å². The van der Waals surface area contributed by atoms with E-state index in [1.165, 1.54) is 24.3 Å². The molecule has 0 saturated carbocycles. The van der Waals surface area contributed by atoms with Crippen molar-refractivity contribution in [3.63, 3.8) is 0 Å². The van der Waals surface area contributed by atoms with E-state index in [1.54, 1.807) is 12.1 Å². The number of amides is 2. The van der Waals surface area contributed by atoms with Gasteiger partial charge in [-0.25, -0.2) is 0 Å². The lowest BCUT2D eigenvalue weighted by atomic mass is 9.96. The maximum absolute atomic E-state index is 11.2. The van der Waals surface area contributed by atoms with Gasteiger partial charge in [-0.3, -0.25) is 24.4 Å². The molecule has 1 N–H and O–H groups in total. The zero-order chi connectivity index (χ0) is 19.6. The predicted octanol–water partition coefficient (Wildman–Crippen LogP) is 1.84. The van der Waals surface area contributed by atoms with Crippen LogP contribution in [0.2, 0.25) is 0 Å². The SMILES string of the molecule is N#CC1=C(C#N)C(=O)C(Cl)=C(Cl)C1=O.O=C1c2ccccc2C(=O)N1O. The molecule has 3 rings (SSSR count). The third kappa shape index (κ3) is 3.01. The number of nitrogens with zero attached hydrogens (tertiary/aromatic N) is 3. The van der Waals surface area contributed by atoms with E-state index in [-0.39, 0.29) is 16.2 Å². The van der Waals surface area contributed by atoms with Crippen molar-refractivity contribution >= 4 is 46.6 Å². The maximum Gasteiger partial charge on any atom is 0.285 e. The number of benzene rings is 1. The van der Waals surface area contributed by atoms with Crippen molar-refractivity contribution in [1.29, 1.82) is 10.5 Å². The fourth-order valence-corrected chi connectivity index (χ4v) is 2.40. The number of hydroxylamine groups is 2. The molecule has 0 fully saturated rings. The summed E-state index contributed by atoms with van der Waals surface area (Å²) in [5.74, 6) is -3.10. The fraction of sp³-hybridized carbons (Fsp3) is 0. The molecule has 0 atom stereocenters. The molecule has 2 aliphatic rings. The highest BCUT2D eigenvalue weighted by Crippen LogP contribution is 2.28. The fourth-order valence-electron chi connectivity index (χ4n) is 2.04. The van der Waals surface area contributed by atoms with E-state index >= 15 is 0 Å². The Morgan fingerprint density at radius 1 is 0.808 bits per heavy atom. The van der Waals surface area contributed by atoms with Crippen molar-refractivity contribution in [2.45, 2.75) is 0 Å². The van der Waals surface area contributed by atoms with Gasteiger partial charge in [0.2, 0.25) is 11.6 Å². The number of hydrogen-bond acceptors (Lipinski definition) is 7. The highest BCUT2D eigenvalue weighted by molar-refractivity contribution is 6.59. The first-order chi connectivity index (χ1) is 12.3. The molecule has 1 aliphatic heterocycles. The number of carbonyl (C=O) groups is 4. The zero-order valence-electron chi connectivity index (χ0n) is 12.5. The van der Waals surface area contributed by atoms with Crippen LogP contribution in [0.5, 0.6) is 0 Å². The number of ketones is 2. The Morgan fingerprint density at radius 2 is 1.15 bits per heavy atom. The number of fused-ring (bicyclic) bond motifs is 1. The summed E-state index contributed by atoms with van der Waals surface area (Å²) < 4.78 is 0.